The number of rotatable bonds is 6. The Balaban J connectivity index is 1.79. The summed E-state index contributed by atoms with van der Waals surface area (Å²) in [7, 11) is -2.22. The van der Waals surface area contributed by atoms with Crippen LogP contribution in [-0.2, 0) is 14.8 Å². The monoisotopic (exact) mass is 479 g/mol. The van der Waals surface area contributed by atoms with E-state index in [0.717, 1.165) is 23.7 Å². The van der Waals surface area contributed by atoms with E-state index in [2.05, 4.69) is 15.9 Å². The molecule has 29 heavy (non-hydrogen) atoms. The number of halogens is 1. The molecule has 3 rings (SSSR count). The van der Waals surface area contributed by atoms with E-state index in [9.17, 15) is 13.2 Å². The summed E-state index contributed by atoms with van der Waals surface area (Å²) in [6.45, 7) is 1.01. The van der Waals surface area contributed by atoms with Crippen molar-refractivity contribution < 1.29 is 22.7 Å². The summed E-state index contributed by atoms with van der Waals surface area (Å²) in [6, 6.07) is 11.7. The molecule has 0 spiro atoms. The Morgan fingerprint density at radius 1 is 1.07 bits per heavy atom. The number of esters is 1. The van der Waals surface area contributed by atoms with Crippen molar-refractivity contribution in [3.8, 4) is 11.5 Å². The maximum atomic E-state index is 13.1. The van der Waals surface area contributed by atoms with Crippen LogP contribution in [0.5, 0.6) is 11.5 Å². The van der Waals surface area contributed by atoms with Crippen molar-refractivity contribution in [2.75, 3.05) is 20.2 Å². The zero-order chi connectivity index (χ0) is 20.9. The molecule has 0 atom stereocenters. The number of hydrogen-bond acceptors (Lipinski definition) is 5. The average molecular weight is 480 g/mol. The standard InChI is InChI=1S/C21H22BrNO5S/c1-27-19-11-5-16(6-12-21(24)28-18-9-7-17(22)8-10-18)15-20(19)29(25,26)23-13-3-2-4-14-23/h5-12,15H,2-4,13-14H2,1H3/b12-6+. The molecule has 0 bridgehead atoms. The average Bonchev–Trinajstić information content (AvgIpc) is 2.74. The number of sulfonamides is 1. The first-order chi connectivity index (χ1) is 13.9. The molecule has 8 heteroatoms. The molecule has 0 aliphatic carbocycles. The van der Waals surface area contributed by atoms with Crippen molar-refractivity contribution in [3.05, 3.63) is 58.6 Å². The lowest BCUT2D eigenvalue weighted by Gasteiger charge is -2.26. The van der Waals surface area contributed by atoms with Crippen LogP contribution in [0.1, 0.15) is 24.8 Å². The fourth-order valence-corrected chi connectivity index (χ4v) is 5.03. The summed E-state index contributed by atoms with van der Waals surface area (Å²) in [5.74, 6) is 0.152. The van der Waals surface area contributed by atoms with Crippen LogP contribution >= 0.6 is 15.9 Å². The number of carbonyl (C=O) groups is 1. The normalized spacial score (nSPS) is 15.4. The molecule has 0 amide bonds. The Hall–Kier alpha value is -2.16. The Labute approximate surface area is 179 Å². The molecule has 1 heterocycles. The maximum Gasteiger partial charge on any atom is 0.336 e. The summed E-state index contributed by atoms with van der Waals surface area (Å²) in [4.78, 5) is 12.2. The van der Waals surface area contributed by atoms with Crippen LogP contribution < -0.4 is 9.47 Å². The van der Waals surface area contributed by atoms with Crippen molar-refractivity contribution in [2.45, 2.75) is 24.2 Å². The van der Waals surface area contributed by atoms with Gasteiger partial charge >= 0.3 is 5.97 Å². The maximum absolute atomic E-state index is 13.1. The van der Waals surface area contributed by atoms with Crippen LogP contribution in [0.4, 0.5) is 0 Å². The number of methoxy groups -OCH3 is 1. The van der Waals surface area contributed by atoms with Gasteiger partial charge in [0.25, 0.3) is 0 Å². The third-order valence-electron chi connectivity index (χ3n) is 4.56. The highest BCUT2D eigenvalue weighted by Gasteiger charge is 2.29. The van der Waals surface area contributed by atoms with Crippen LogP contribution in [0, 0.1) is 0 Å². The highest BCUT2D eigenvalue weighted by atomic mass is 79.9. The van der Waals surface area contributed by atoms with Gasteiger partial charge in [-0.25, -0.2) is 13.2 Å². The number of piperidine rings is 1. The first kappa shape index (κ1) is 21.5. The Bertz CT molecular complexity index is 996. The van der Waals surface area contributed by atoms with Gasteiger partial charge in [0, 0.05) is 23.6 Å². The fourth-order valence-electron chi connectivity index (χ4n) is 3.06. The molecule has 0 aromatic heterocycles. The smallest absolute Gasteiger partial charge is 0.336 e. The molecular formula is C21H22BrNO5S. The van der Waals surface area contributed by atoms with Crippen molar-refractivity contribution in [2.24, 2.45) is 0 Å². The third-order valence-corrected chi connectivity index (χ3v) is 7.01. The van der Waals surface area contributed by atoms with E-state index in [1.54, 1.807) is 36.4 Å². The van der Waals surface area contributed by atoms with Gasteiger partial charge in [0.2, 0.25) is 10.0 Å². The molecule has 1 saturated heterocycles. The topological polar surface area (TPSA) is 72.9 Å². The minimum absolute atomic E-state index is 0.102. The number of benzene rings is 2. The lowest BCUT2D eigenvalue weighted by Crippen LogP contribution is -2.35. The second-order valence-electron chi connectivity index (χ2n) is 6.58. The minimum atomic E-state index is -3.66. The zero-order valence-corrected chi connectivity index (χ0v) is 18.4. The quantitative estimate of drug-likeness (QED) is 0.351. The number of ether oxygens (including phenoxy) is 2. The third kappa shape index (κ3) is 5.46. The number of carbonyl (C=O) groups excluding carboxylic acids is 1. The van der Waals surface area contributed by atoms with Gasteiger partial charge in [-0.1, -0.05) is 28.4 Å². The molecule has 154 valence electrons. The first-order valence-electron chi connectivity index (χ1n) is 9.24. The second-order valence-corrected chi connectivity index (χ2v) is 9.41. The number of nitrogens with zero attached hydrogens (tertiary/aromatic N) is 1. The van der Waals surface area contributed by atoms with E-state index < -0.39 is 16.0 Å². The van der Waals surface area contributed by atoms with E-state index in [0.29, 0.717) is 24.4 Å². The van der Waals surface area contributed by atoms with Crippen LogP contribution in [0.15, 0.2) is 57.9 Å². The number of hydrogen-bond donors (Lipinski definition) is 0. The molecule has 0 saturated carbocycles. The summed E-state index contributed by atoms with van der Waals surface area (Å²) >= 11 is 3.32. The van der Waals surface area contributed by atoms with E-state index in [4.69, 9.17) is 9.47 Å². The zero-order valence-electron chi connectivity index (χ0n) is 16.0. The lowest BCUT2D eigenvalue weighted by molar-refractivity contribution is -0.128. The van der Waals surface area contributed by atoms with Gasteiger partial charge in [-0.3, -0.25) is 0 Å². The van der Waals surface area contributed by atoms with Crippen molar-refractivity contribution in [1.82, 2.24) is 4.31 Å². The van der Waals surface area contributed by atoms with Crippen LogP contribution in [0.2, 0.25) is 0 Å². The molecule has 2 aromatic rings. The minimum Gasteiger partial charge on any atom is -0.495 e. The van der Waals surface area contributed by atoms with E-state index >= 15 is 0 Å². The van der Waals surface area contributed by atoms with Gasteiger partial charge in [0.05, 0.1) is 7.11 Å². The highest BCUT2D eigenvalue weighted by Crippen LogP contribution is 2.30. The van der Waals surface area contributed by atoms with Crippen molar-refractivity contribution in [1.29, 1.82) is 0 Å². The van der Waals surface area contributed by atoms with Crippen molar-refractivity contribution in [3.63, 3.8) is 0 Å². The summed E-state index contributed by atoms with van der Waals surface area (Å²) in [5.41, 5.74) is 0.564. The Kier molecular flexibility index (Phi) is 7.10. The molecule has 1 aliphatic heterocycles. The van der Waals surface area contributed by atoms with Gasteiger partial charge in [-0.05, 0) is 60.9 Å². The predicted octanol–water partition coefficient (Wildman–Crippen LogP) is 4.25. The molecule has 1 fully saturated rings. The first-order valence-corrected chi connectivity index (χ1v) is 11.5. The van der Waals surface area contributed by atoms with Crippen molar-refractivity contribution >= 4 is 38.0 Å². The van der Waals surface area contributed by atoms with E-state index in [1.165, 1.54) is 29.6 Å². The SMILES string of the molecule is COc1ccc(/C=C/C(=O)Oc2ccc(Br)cc2)cc1S(=O)(=O)N1CCCCC1. The van der Waals surface area contributed by atoms with E-state index in [1.807, 2.05) is 0 Å². The predicted molar refractivity (Wildman–Crippen MR) is 114 cm³/mol. The molecule has 0 unspecified atom stereocenters. The van der Waals surface area contributed by atoms with Crippen LogP contribution in [0.25, 0.3) is 6.08 Å². The van der Waals surface area contributed by atoms with Crippen LogP contribution in [0.3, 0.4) is 0 Å². The van der Waals surface area contributed by atoms with Crippen LogP contribution in [-0.4, -0.2) is 38.9 Å². The fraction of sp³-hybridized carbons (Fsp3) is 0.286. The second kappa shape index (κ2) is 9.56. The molecule has 0 radical (unpaired) electrons. The van der Waals surface area contributed by atoms with E-state index in [-0.39, 0.29) is 10.6 Å². The molecule has 0 N–H and O–H groups in total. The van der Waals surface area contributed by atoms with Gasteiger partial charge in [-0.2, -0.15) is 4.31 Å². The lowest BCUT2D eigenvalue weighted by atomic mass is 10.2. The Morgan fingerprint density at radius 2 is 1.76 bits per heavy atom. The summed E-state index contributed by atoms with van der Waals surface area (Å²) < 4.78 is 39.0. The van der Waals surface area contributed by atoms with Gasteiger partial charge in [0.15, 0.2) is 0 Å². The highest BCUT2D eigenvalue weighted by molar-refractivity contribution is 9.10. The summed E-state index contributed by atoms with van der Waals surface area (Å²) in [6.07, 6.45) is 5.52. The Morgan fingerprint density at radius 3 is 2.41 bits per heavy atom. The molecule has 6 nitrogen and oxygen atoms in total. The molecular weight excluding hydrogens is 458 g/mol. The van der Waals surface area contributed by atoms with Gasteiger partial charge in [0.1, 0.15) is 16.4 Å². The van der Waals surface area contributed by atoms with Gasteiger partial charge in [-0.15, -0.1) is 0 Å². The molecule has 2 aromatic carbocycles. The molecule has 1 aliphatic rings. The largest absolute Gasteiger partial charge is 0.495 e. The van der Waals surface area contributed by atoms with Gasteiger partial charge < -0.3 is 9.47 Å². The summed E-state index contributed by atoms with van der Waals surface area (Å²) in [5, 5.41) is 0.